The van der Waals surface area contributed by atoms with Gasteiger partial charge in [0.05, 0.1) is 0 Å². The third-order valence-electron chi connectivity index (χ3n) is 0.805. The number of aliphatic carboxylic acids is 2. The van der Waals surface area contributed by atoms with Gasteiger partial charge in [-0.15, -0.1) is 0 Å². The average molecular weight is 261 g/mol. The summed E-state index contributed by atoms with van der Waals surface area (Å²) in [6.45, 7) is 0. The summed E-state index contributed by atoms with van der Waals surface area (Å²) in [5, 5.41) is 32.5. The van der Waals surface area contributed by atoms with E-state index in [-0.39, 0.29) is 73.3 Å². The number of carboxylic acid groups (broad SMARTS) is 2. The third kappa shape index (κ3) is 14.3. The van der Waals surface area contributed by atoms with Crippen LogP contribution in [-0.2, 0) is 9.59 Å². The van der Waals surface area contributed by atoms with E-state index in [1.54, 1.807) is 0 Å². The van der Waals surface area contributed by atoms with Crippen molar-refractivity contribution >= 4 is 63.3 Å². The van der Waals surface area contributed by atoms with E-state index in [9.17, 15) is 9.59 Å². The summed E-state index contributed by atoms with van der Waals surface area (Å²) in [6.07, 6.45) is -4.53. The van der Waals surface area contributed by atoms with Crippen LogP contribution in [0.3, 0.4) is 0 Å². The monoisotopic (exact) mass is 261 g/mol. The van der Waals surface area contributed by atoms with Crippen LogP contribution >= 0.6 is 0 Å². The zero-order valence-electron chi connectivity index (χ0n) is 7.76. The molecule has 0 bridgehead atoms. The van der Waals surface area contributed by atoms with E-state index >= 15 is 0 Å². The Kier molecular flexibility index (Phi) is 40.4. The maximum absolute atomic E-state index is 9.77. The Morgan fingerprint density at radius 2 is 0.867 bits per heavy atom. The molecule has 0 amide bonds. The minimum absolute atomic E-state index is 0. The molecule has 10 nitrogen and oxygen atoms in total. The normalized spacial score (nSPS) is 10.5. The molecule has 0 aromatic rings. The number of carboxylic acids is 2. The summed E-state index contributed by atoms with van der Waals surface area (Å²) < 4.78 is 0. The zero-order valence-corrected chi connectivity index (χ0v) is 10.9. The van der Waals surface area contributed by atoms with Crippen LogP contribution in [0.4, 0.5) is 0 Å². The van der Waals surface area contributed by atoms with Gasteiger partial charge in [0.15, 0.2) is 12.2 Å². The van der Waals surface area contributed by atoms with E-state index in [0.717, 1.165) is 0 Å². The molecule has 0 saturated heterocycles. The van der Waals surface area contributed by atoms with E-state index in [4.69, 9.17) is 20.4 Å². The van der Waals surface area contributed by atoms with Gasteiger partial charge in [0.2, 0.25) is 0 Å². The first-order valence-corrected chi connectivity index (χ1v) is 2.28. The third-order valence-corrected chi connectivity index (χ3v) is 0.805. The number of aliphatic hydroxyl groups is 2. The molecule has 12 N–H and O–H groups in total. The number of hydrogen-bond donors (Lipinski definition) is 4. The van der Waals surface area contributed by atoms with Gasteiger partial charge < -0.3 is 42.3 Å². The molecule has 15 heavy (non-hydrogen) atoms. The fourth-order valence-corrected chi connectivity index (χ4v) is 0.270. The fourth-order valence-electron chi connectivity index (χ4n) is 0.270. The molecule has 11 heteroatoms. The van der Waals surface area contributed by atoms with Gasteiger partial charge in [-0.05, 0) is 0 Å². The van der Waals surface area contributed by atoms with Gasteiger partial charge in [0, 0.05) is 51.4 Å². The molecular weight excluding hydrogens is 247 g/mol. The number of aliphatic hydroxyl groups excluding tert-OH is 2. The van der Waals surface area contributed by atoms with Gasteiger partial charge in [-0.2, -0.15) is 0 Å². The quantitative estimate of drug-likeness (QED) is 0.360. The Labute approximate surface area is 126 Å². The molecule has 0 spiro atoms. The van der Waals surface area contributed by atoms with Gasteiger partial charge in [-0.25, -0.2) is 9.59 Å². The fraction of sp³-hybridized carbons (Fsp3) is 0.500. The van der Waals surface area contributed by atoms with E-state index in [2.05, 4.69) is 0 Å². The Balaban J connectivity index is -0.0000000405. The summed E-state index contributed by atoms with van der Waals surface area (Å²) in [6, 6.07) is 0. The molecule has 1 radical (unpaired) electrons. The van der Waals surface area contributed by atoms with Crippen molar-refractivity contribution in [1.29, 1.82) is 0 Å². The zero-order chi connectivity index (χ0) is 8.31. The summed E-state index contributed by atoms with van der Waals surface area (Å²) in [5.74, 6) is -3.54. The van der Waals surface area contributed by atoms with Crippen LogP contribution in [0, 0.1) is 0 Å². The first kappa shape index (κ1) is 36.2. The van der Waals surface area contributed by atoms with E-state index < -0.39 is 24.1 Å². The largest absolute Gasteiger partial charge is 0.479 e. The van der Waals surface area contributed by atoms with Gasteiger partial charge in [-0.1, -0.05) is 0 Å². The van der Waals surface area contributed by atoms with Crippen molar-refractivity contribution in [2.75, 3.05) is 0 Å². The summed E-state index contributed by atoms with van der Waals surface area (Å²) in [4.78, 5) is 19.5. The molecule has 0 aliphatic carbocycles. The second-order valence-electron chi connectivity index (χ2n) is 1.57. The Hall–Kier alpha value is 0.336. The molecule has 0 saturated carbocycles. The summed E-state index contributed by atoms with van der Waals surface area (Å²) >= 11 is 0. The SMILES string of the molecule is O.O.O.O.O=C(O)C(O)C(O)C(=O)O.[K]. The average Bonchev–Trinajstić information content (AvgIpc) is 1.84. The second kappa shape index (κ2) is 16.8. The predicted octanol–water partition coefficient (Wildman–Crippen LogP) is -5.80. The minimum atomic E-state index is -2.27. The van der Waals surface area contributed by atoms with Crippen LogP contribution in [-0.4, -0.2) is 118 Å². The Morgan fingerprint density at radius 1 is 0.733 bits per heavy atom. The topological polar surface area (TPSA) is 241 Å². The van der Waals surface area contributed by atoms with Crippen molar-refractivity contribution in [3.63, 3.8) is 0 Å². The first-order valence-electron chi connectivity index (χ1n) is 2.28. The van der Waals surface area contributed by atoms with E-state index in [1.165, 1.54) is 0 Å². The maximum Gasteiger partial charge on any atom is 0.335 e. The molecule has 0 aliphatic rings. The standard InChI is InChI=1S/C4H6O6.K.4H2O/c5-1(3(7)8)2(6)4(9)10;;;;;/h1-2,5-6H,(H,7,8)(H,9,10);;4*1H2. The summed E-state index contributed by atoms with van der Waals surface area (Å²) in [7, 11) is 0. The second-order valence-corrected chi connectivity index (χ2v) is 1.57. The van der Waals surface area contributed by atoms with Crippen molar-refractivity contribution in [3.8, 4) is 0 Å². The van der Waals surface area contributed by atoms with Crippen LogP contribution in [0.2, 0.25) is 0 Å². The summed E-state index contributed by atoms with van der Waals surface area (Å²) in [5.41, 5.74) is 0. The molecule has 0 aromatic carbocycles. The van der Waals surface area contributed by atoms with Crippen LogP contribution in [0.1, 0.15) is 0 Å². The minimum Gasteiger partial charge on any atom is -0.479 e. The van der Waals surface area contributed by atoms with Gasteiger partial charge in [0.25, 0.3) is 0 Å². The molecular formula is C4H14KO10. The Morgan fingerprint density at radius 3 is 0.933 bits per heavy atom. The number of hydrogen-bond acceptors (Lipinski definition) is 4. The molecule has 2 unspecified atom stereocenters. The van der Waals surface area contributed by atoms with Gasteiger partial charge >= 0.3 is 11.9 Å². The van der Waals surface area contributed by atoms with E-state index in [0.29, 0.717) is 0 Å². The van der Waals surface area contributed by atoms with Crippen LogP contribution < -0.4 is 0 Å². The van der Waals surface area contributed by atoms with Crippen LogP contribution in [0.15, 0.2) is 0 Å². The van der Waals surface area contributed by atoms with Crippen molar-refractivity contribution in [1.82, 2.24) is 0 Å². The van der Waals surface area contributed by atoms with Crippen LogP contribution in [0.25, 0.3) is 0 Å². The molecule has 0 heterocycles. The predicted molar refractivity (Wildman–Crippen MR) is 47.5 cm³/mol. The molecule has 0 aliphatic heterocycles. The smallest absolute Gasteiger partial charge is 0.335 e. The Bertz CT molecular complexity index is 142. The molecule has 0 fully saturated rings. The molecule has 91 valence electrons. The van der Waals surface area contributed by atoms with E-state index in [1.807, 2.05) is 0 Å². The van der Waals surface area contributed by atoms with Gasteiger partial charge in [-0.3, -0.25) is 0 Å². The molecule has 2 atom stereocenters. The molecule has 0 aromatic heterocycles. The van der Waals surface area contributed by atoms with Gasteiger partial charge in [0.1, 0.15) is 0 Å². The molecule has 0 rings (SSSR count). The number of carbonyl (C=O) groups is 2. The maximum atomic E-state index is 9.77. The van der Waals surface area contributed by atoms with Crippen molar-refractivity contribution in [2.45, 2.75) is 12.2 Å². The number of rotatable bonds is 3. The first-order chi connectivity index (χ1) is 4.46. The van der Waals surface area contributed by atoms with Crippen molar-refractivity contribution in [3.05, 3.63) is 0 Å². The van der Waals surface area contributed by atoms with Crippen molar-refractivity contribution in [2.24, 2.45) is 0 Å². The van der Waals surface area contributed by atoms with Crippen LogP contribution in [0.5, 0.6) is 0 Å². The van der Waals surface area contributed by atoms with Crippen molar-refractivity contribution < 1.29 is 51.9 Å².